The van der Waals surface area contributed by atoms with Crippen LogP contribution in [0.4, 0.5) is 0 Å². The number of aromatic nitrogens is 1. The SMILES string of the molecule is CCOc1ccc(-c2cnc(CCC(=O)N3CCN(Cc4ccccc4)CC3)o2)cc1. The summed E-state index contributed by atoms with van der Waals surface area (Å²) in [6.07, 6.45) is 2.65. The second kappa shape index (κ2) is 10.3. The van der Waals surface area contributed by atoms with Gasteiger partial charge in [-0.05, 0) is 36.8 Å². The third kappa shape index (κ3) is 5.73. The van der Waals surface area contributed by atoms with Crippen molar-refractivity contribution in [2.24, 2.45) is 0 Å². The Morgan fingerprint density at radius 1 is 1.03 bits per heavy atom. The number of amides is 1. The van der Waals surface area contributed by atoms with Crippen LogP contribution in [0.1, 0.15) is 24.8 Å². The van der Waals surface area contributed by atoms with Crippen LogP contribution >= 0.6 is 0 Å². The van der Waals surface area contributed by atoms with Crippen LogP contribution in [0.15, 0.2) is 65.2 Å². The molecular formula is C25H29N3O3. The summed E-state index contributed by atoms with van der Waals surface area (Å²) in [5, 5.41) is 0. The molecule has 3 aromatic rings. The van der Waals surface area contributed by atoms with Crippen LogP contribution in [-0.2, 0) is 17.8 Å². The molecule has 1 aliphatic heterocycles. The number of aryl methyl sites for hydroxylation is 1. The maximum atomic E-state index is 12.6. The van der Waals surface area contributed by atoms with Crippen LogP contribution in [0.25, 0.3) is 11.3 Å². The van der Waals surface area contributed by atoms with Crippen molar-refractivity contribution in [1.29, 1.82) is 0 Å². The minimum atomic E-state index is 0.167. The molecule has 0 unspecified atom stereocenters. The van der Waals surface area contributed by atoms with E-state index in [1.807, 2.05) is 42.2 Å². The highest BCUT2D eigenvalue weighted by atomic mass is 16.5. The molecule has 1 aromatic heterocycles. The van der Waals surface area contributed by atoms with Crippen molar-refractivity contribution in [2.75, 3.05) is 32.8 Å². The second-order valence-corrected chi connectivity index (χ2v) is 7.72. The van der Waals surface area contributed by atoms with Crippen molar-refractivity contribution in [1.82, 2.24) is 14.8 Å². The van der Waals surface area contributed by atoms with Crippen LogP contribution < -0.4 is 4.74 Å². The first-order chi connectivity index (χ1) is 15.2. The molecular weight excluding hydrogens is 390 g/mol. The van der Waals surface area contributed by atoms with E-state index in [0.29, 0.717) is 31.1 Å². The Kier molecular flexibility index (Phi) is 6.99. The van der Waals surface area contributed by atoms with E-state index in [-0.39, 0.29) is 5.91 Å². The monoisotopic (exact) mass is 419 g/mol. The predicted molar refractivity (Wildman–Crippen MR) is 120 cm³/mol. The van der Waals surface area contributed by atoms with Gasteiger partial charge in [0.1, 0.15) is 5.75 Å². The smallest absolute Gasteiger partial charge is 0.223 e. The average molecular weight is 420 g/mol. The van der Waals surface area contributed by atoms with Gasteiger partial charge >= 0.3 is 0 Å². The number of hydrogen-bond acceptors (Lipinski definition) is 5. The molecule has 4 rings (SSSR count). The molecule has 1 fully saturated rings. The number of hydrogen-bond donors (Lipinski definition) is 0. The quantitative estimate of drug-likeness (QED) is 0.552. The first-order valence-corrected chi connectivity index (χ1v) is 10.9. The normalized spacial score (nSPS) is 14.5. The molecule has 6 heteroatoms. The topological polar surface area (TPSA) is 58.8 Å². The molecule has 0 N–H and O–H groups in total. The first kappa shape index (κ1) is 21.1. The first-order valence-electron chi connectivity index (χ1n) is 10.9. The van der Waals surface area contributed by atoms with Gasteiger partial charge in [-0.15, -0.1) is 0 Å². The Balaban J connectivity index is 1.23. The van der Waals surface area contributed by atoms with Crippen molar-refractivity contribution in [3.05, 3.63) is 72.2 Å². The zero-order valence-corrected chi connectivity index (χ0v) is 18.0. The maximum absolute atomic E-state index is 12.6. The summed E-state index contributed by atoms with van der Waals surface area (Å²) in [6, 6.07) is 18.2. The fraction of sp³-hybridized carbons (Fsp3) is 0.360. The van der Waals surface area contributed by atoms with Crippen molar-refractivity contribution < 1.29 is 13.9 Å². The zero-order chi connectivity index (χ0) is 21.5. The second-order valence-electron chi connectivity index (χ2n) is 7.72. The molecule has 0 spiro atoms. The molecule has 0 bridgehead atoms. The van der Waals surface area contributed by atoms with E-state index in [9.17, 15) is 4.79 Å². The number of carbonyl (C=O) groups excluding carboxylic acids is 1. The highest BCUT2D eigenvalue weighted by Crippen LogP contribution is 2.23. The van der Waals surface area contributed by atoms with Crippen molar-refractivity contribution in [2.45, 2.75) is 26.3 Å². The van der Waals surface area contributed by atoms with E-state index >= 15 is 0 Å². The van der Waals surface area contributed by atoms with Gasteiger partial charge in [-0.1, -0.05) is 30.3 Å². The van der Waals surface area contributed by atoms with Gasteiger partial charge in [0.25, 0.3) is 0 Å². The number of carbonyl (C=O) groups is 1. The Hall–Kier alpha value is -3.12. The van der Waals surface area contributed by atoms with Crippen molar-refractivity contribution in [3.8, 4) is 17.1 Å². The summed E-state index contributed by atoms with van der Waals surface area (Å²) < 4.78 is 11.3. The summed E-state index contributed by atoms with van der Waals surface area (Å²) >= 11 is 0. The van der Waals surface area contributed by atoms with Gasteiger partial charge in [0.2, 0.25) is 5.91 Å². The molecule has 2 heterocycles. The predicted octanol–water partition coefficient (Wildman–Crippen LogP) is 4.02. The van der Waals surface area contributed by atoms with E-state index < -0.39 is 0 Å². The molecule has 0 aliphatic carbocycles. The van der Waals surface area contributed by atoms with Gasteiger partial charge in [-0.3, -0.25) is 9.69 Å². The zero-order valence-electron chi connectivity index (χ0n) is 18.0. The van der Waals surface area contributed by atoms with Gasteiger partial charge < -0.3 is 14.1 Å². The lowest BCUT2D eigenvalue weighted by Gasteiger charge is -2.34. The Morgan fingerprint density at radius 2 is 1.77 bits per heavy atom. The number of rotatable bonds is 8. The van der Waals surface area contributed by atoms with Crippen LogP contribution in [-0.4, -0.2) is 53.5 Å². The lowest BCUT2D eigenvalue weighted by molar-refractivity contribution is -0.133. The largest absolute Gasteiger partial charge is 0.494 e. The molecule has 31 heavy (non-hydrogen) atoms. The van der Waals surface area contributed by atoms with E-state index in [4.69, 9.17) is 9.15 Å². The minimum Gasteiger partial charge on any atom is -0.494 e. The van der Waals surface area contributed by atoms with E-state index in [2.05, 4.69) is 34.1 Å². The fourth-order valence-corrected chi connectivity index (χ4v) is 3.81. The molecule has 0 radical (unpaired) electrons. The summed E-state index contributed by atoms with van der Waals surface area (Å²) in [7, 11) is 0. The fourth-order valence-electron chi connectivity index (χ4n) is 3.81. The van der Waals surface area contributed by atoms with Gasteiger partial charge in [-0.25, -0.2) is 4.98 Å². The Labute approximate surface area is 183 Å². The summed E-state index contributed by atoms with van der Waals surface area (Å²) in [6.45, 7) is 6.89. The minimum absolute atomic E-state index is 0.167. The Bertz CT molecular complexity index is 961. The van der Waals surface area contributed by atoms with Gasteiger partial charge in [-0.2, -0.15) is 0 Å². The molecule has 162 valence electrons. The van der Waals surface area contributed by atoms with Crippen LogP contribution in [0, 0.1) is 0 Å². The molecule has 1 amide bonds. The number of oxazole rings is 1. The lowest BCUT2D eigenvalue weighted by Crippen LogP contribution is -2.48. The third-order valence-electron chi connectivity index (χ3n) is 5.53. The highest BCUT2D eigenvalue weighted by Gasteiger charge is 2.21. The van der Waals surface area contributed by atoms with Crippen LogP contribution in [0.2, 0.25) is 0 Å². The number of piperazine rings is 1. The number of benzene rings is 2. The molecule has 1 saturated heterocycles. The molecule has 1 aliphatic rings. The Morgan fingerprint density at radius 3 is 2.48 bits per heavy atom. The maximum Gasteiger partial charge on any atom is 0.223 e. The molecule has 0 saturated carbocycles. The van der Waals surface area contributed by atoms with Crippen molar-refractivity contribution in [3.63, 3.8) is 0 Å². The summed E-state index contributed by atoms with van der Waals surface area (Å²) in [4.78, 5) is 21.3. The number of nitrogens with zero attached hydrogens (tertiary/aromatic N) is 3. The lowest BCUT2D eigenvalue weighted by atomic mass is 10.2. The van der Waals surface area contributed by atoms with Crippen LogP contribution in [0.3, 0.4) is 0 Å². The van der Waals surface area contributed by atoms with E-state index in [1.54, 1.807) is 6.20 Å². The summed E-state index contributed by atoms with van der Waals surface area (Å²) in [5.74, 6) is 2.31. The van der Waals surface area contributed by atoms with E-state index in [0.717, 1.165) is 44.0 Å². The third-order valence-corrected chi connectivity index (χ3v) is 5.53. The van der Waals surface area contributed by atoms with E-state index in [1.165, 1.54) is 5.56 Å². The van der Waals surface area contributed by atoms with Gasteiger partial charge in [0, 0.05) is 51.1 Å². The molecule has 6 nitrogen and oxygen atoms in total. The van der Waals surface area contributed by atoms with Gasteiger partial charge in [0.05, 0.1) is 12.8 Å². The number of ether oxygens (including phenoxy) is 1. The summed E-state index contributed by atoms with van der Waals surface area (Å²) in [5.41, 5.74) is 2.26. The molecule has 2 aromatic carbocycles. The highest BCUT2D eigenvalue weighted by molar-refractivity contribution is 5.76. The van der Waals surface area contributed by atoms with Crippen LogP contribution in [0.5, 0.6) is 5.75 Å². The standard InChI is InChI=1S/C25H29N3O3/c1-2-30-22-10-8-21(9-11-22)23-18-26-24(31-23)12-13-25(29)28-16-14-27(15-17-28)19-20-6-4-3-5-7-20/h3-11,18H,2,12-17,19H2,1H3. The van der Waals surface area contributed by atoms with Crippen molar-refractivity contribution >= 4 is 5.91 Å². The molecule has 0 atom stereocenters. The average Bonchev–Trinajstić information content (AvgIpc) is 3.28. The van der Waals surface area contributed by atoms with Gasteiger partial charge in [0.15, 0.2) is 11.7 Å².